The summed E-state index contributed by atoms with van der Waals surface area (Å²) < 4.78 is 0. The van der Waals surface area contributed by atoms with Crippen molar-refractivity contribution in [3.8, 4) is 0 Å². The van der Waals surface area contributed by atoms with Gasteiger partial charge < -0.3 is 5.11 Å². The van der Waals surface area contributed by atoms with Crippen LogP contribution in [0.15, 0.2) is 23.1 Å². The van der Waals surface area contributed by atoms with Crippen LogP contribution in [0.25, 0.3) is 0 Å². The molecule has 1 aromatic rings. The molecular weight excluding hydrogens is 204 g/mol. The maximum absolute atomic E-state index is 10.8. The summed E-state index contributed by atoms with van der Waals surface area (Å²) >= 11 is 0. The summed E-state index contributed by atoms with van der Waals surface area (Å²) in [6.07, 6.45) is 1.96. The molecule has 0 aliphatic heterocycles. The number of carboxylic acids is 1. The van der Waals surface area contributed by atoms with Gasteiger partial charge in [0.25, 0.3) is 0 Å². The Labute approximate surface area is 85.1 Å². The summed E-state index contributed by atoms with van der Waals surface area (Å²) in [4.78, 5) is 11.7. The smallest absolute Gasteiger partial charge is 0.335 e. The normalized spacial score (nSPS) is 10.0. The number of aromatic carboxylic acids is 1. The van der Waals surface area contributed by atoms with Crippen LogP contribution in [0.5, 0.6) is 0 Å². The Hall–Kier alpha value is -0.610. The molecule has 0 unspecified atom stereocenters. The molecule has 0 amide bonds. The first-order chi connectivity index (χ1) is 6.15. The topological polar surface area (TPSA) is 37.3 Å². The van der Waals surface area contributed by atoms with Crippen LogP contribution in [0.3, 0.4) is 0 Å². The van der Waals surface area contributed by atoms with Gasteiger partial charge in [0.1, 0.15) is 0 Å². The van der Waals surface area contributed by atoms with Crippen LogP contribution >= 0.6 is 21.6 Å². The van der Waals surface area contributed by atoms with E-state index in [0.29, 0.717) is 5.56 Å². The molecule has 0 heterocycles. The fourth-order valence-electron chi connectivity index (χ4n) is 0.980. The molecule has 70 valence electrons. The molecule has 0 aliphatic carbocycles. The standard InChI is InChI=1S/C9H10O2S2/c1-6-3-4-7(13-12-2)5-8(6)9(10)11/h3-5H,1-2H3,(H,10,11). The summed E-state index contributed by atoms with van der Waals surface area (Å²) in [6.45, 7) is 1.80. The lowest BCUT2D eigenvalue weighted by molar-refractivity contribution is 0.0696. The number of aryl methyl sites for hydroxylation is 1. The Kier molecular flexibility index (Phi) is 3.69. The minimum absolute atomic E-state index is 0.388. The first-order valence-corrected chi connectivity index (χ1v) is 6.25. The van der Waals surface area contributed by atoms with Crippen molar-refractivity contribution in [2.45, 2.75) is 11.8 Å². The zero-order chi connectivity index (χ0) is 9.84. The number of rotatable bonds is 3. The highest BCUT2D eigenvalue weighted by molar-refractivity contribution is 8.76. The molecule has 0 spiro atoms. The molecule has 0 aromatic heterocycles. The minimum Gasteiger partial charge on any atom is -0.478 e. The SMILES string of the molecule is CSSc1ccc(C)c(C(=O)O)c1. The van der Waals surface area contributed by atoms with E-state index in [-0.39, 0.29) is 0 Å². The van der Waals surface area contributed by atoms with Gasteiger partial charge in [-0.15, -0.1) is 0 Å². The molecule has 0 saturated heterocycles. The first-order valence-electron chi connectivity index (χ1n) is 3.69. The number of hydrogen-bond donors (Lipinski definition) is 1. The van der Waals surface area contributed by atoms with Gasteiger partial charge in [-0.1, -0.05) is 27.7 Å². The average Bonchev–Trinajstić information content (AvgIpc) is 2.08. The van der Waals surface area contributed by atoms with Gasteiger partial charge in [-0.25, -0.2) is 4.79 Å². The lowest BCUT2D eigenvalue weighted by Crippen LogP contribution is -1.99. The van der Waals surface area contributed by atoms with Gasteiger partial charge >= 0.3 is 5.97 Å². The molecule has 0 fully saturated rings. The Morgan fingerprint density at radius 1 is 1.46 bits per heavy atom. The van der Waals surface area contributed by atoms with Crippen molar-refractivity contribution in [2.75, 3.05) is 6.26 Å². The van der Waals surface area contributed by atoms with Gasteiger partial charge in [0, 0.05) is 4.90 Å². The summed E-state index contributed by atoms with van der Waals surface area (Å²) in [7, 11) is 3.17. The molecule has 0 radical (unpaired) electrons. The predicted octanol–water partition coefficient (Wildman–Crippen LogP) is 3.06. The van der Waals surface area contributed by atoms with Crippen LogP contribution in [-0.2, 0) is 0 Å². The van der Waals surface area contributed by atoms with Crippen LogP contribution in [-0.4, -0.2) is 17.3 Å². The van der Waals surface area contributed by atoms with Crippen molar-refractivity contribution in [3.63, 3.8) is 0 Å². The summed E-state index contributed by atoms with van der Waals surface area (Å²) in [6, 6.07) is 5.48. The second-order valence-corrected chi connectivity index (χ2v) is 5.00. The lowest BCUT2D eigenvalue weighted by atomic mass is 10.1. The quantitative estimate of drug-likeness (QED) is 0.785. The fourth-order valence-corrected chi connectivity index (χ4v) is 2.35. The van der Waals surface area contributed by atoms with Gasteiger partial charge in [-0.3, -0.25) is 0 Å². The molecule has 2 nitrogen and oxygen atoms in total. The van der Waals surface area contributed by atoms with Crippen molar-refractivity contribution in [1.82, 2.24) is 0 Å². The van der Waals surface area contributed by atoms with Crippen LogP contribution in [0.2, 0.25) is 0 Å². The molecule has 0 bridgehead atoms. The van der Waals surface area contributed by atoms with E-state index in [4.69, 9.17) is 5.11 Å². The monoisotopic (exact) mass is 214 g/mol. The molecule has 0 saturated carbocycles. The third-order valence-corrected chi connectivity index (χ3v) is 3.31. The van der Waals surface area contributed by atoms with Gasteiger partial charge in [0.15, 0.2) is 0 Å². The third-order valence-electron chi connectivity index (χ3n) is 1.62. The van der Waals surface area contributed by atoms with Crippen molar-refractivity contribution in [2.24, 2.45) is 0 Å². The van der Waals surface area contributed by atoms with E-state index in [1.54, 1.807) is 34.6 Å². The first kappa shape index (κ1) is 10.5. The van der Waals surface area contributed by atoms with E-state index in [0.717, 1.165) is 10.5 Å². The van der Waals surface area contributed by atoms with Gasteiger partial charge in [-0.05, 0) is 30.9 Å². The Morgan fingerprint density at radius 3 is 2.69 bits per heavy atom. The van der Waals surface area contributed by atoms with Gasteiger partial charge in [0.2, 0.25) is 0 Å². The van der Waals surface area contributed by atoms with Crippen LogP contribution in [0.1, 0.15) is 15.9 Å². The summed E-state index contributed by atoms with van der Waals surface area (Å²) in [5.41, 5.74) is 1.19. The zero-order valence-electron chi connectivity index (χ0n) is 7.40. The van der Waals surface area contributed by atoms with E-state index >= 15 is 0 Å². The molecular formula is C9H10O2S2. The predicted molar refractivity (Wildman–Crippen MR) is 57.5 cm³/mol. The van der Waals surface area contributed by atoms with E-state index in [2.05, 4.69) is 0 Å². The largest absolute Gasteiger partial charge is 0.478 e. The Morgan fingerprint density at radius 2 is 2.15 bits per heavy atom. The molecule has 4 heteroatoms. The second kappa shape index (κ2) is 4.58. The lowest BCUT2D eigenvalue weighted by Gasteiger charge is -2.02. The number of hydrogen-bond acceptors (Lipinski definition) is 3. The minimum atomic E-state index is -0.860. The van der Waals surface area contributed by atoms with E-state index in [1.165, 1.54) is 0 Å². The maximum Gasteiger partial charge on any atom is 0.335 e. The zero-order valence-corrected chi connectivity index (χ0v) is 9.04. The van der Waals surface area contributed by atoms with Crippen LogP contribution in [0.4, 0.5) is 0 Å². The van der Waals surface area contributed by atoms with E-state index < -0.39 is 5.97 Å². The number of benzene rings is 1. The highest BCUT2D eigenvalue weighted by Gasteiger charge is 2.07. The highest BCUT2D eigenvalue weighted by atomic mass is 33.1. The van der Waals surface area contributed by atoms with Crippen molar-refractivity contribution in [1.29, 1.82) is 0 Å². The second-order valence-electron chi connectivity index (χ2n) is 2.53. The Balaban J connectivity index is 3.04. The van der Waals surface area contributed by atoms with Gasteiger partial charge in [0.05, 0.1) is 5.56 Å². The molecule has 1 N–H and O–H groups in total. The summed E-state index contributed by atoms with van der Waals surface area (Å²) in [5, 5.41) is 8.84. The average molecular weight is 214 g/mol. The van der Waals surface area contributed by atoms with Crippen LogP contribution < -0.4 is 0 Å². The van der Waals surface area contributed by atoms with Gasteiger partial charge in [-0.2, -0.15) is 0 Å². The maximum atomic E-state index is 10.8. The Bertz CT molecular complexity index is 323. The molecule has 13 heavy (non-hydrogen) atoms. The molecule has 0 aliphatic rings. The van der Waals surface area contributed by atoms with Crippen LogP contribution in [0, 0.1) is 6.92 Å². The highest BCUT2D eigenvalue weighted by Crippen LogP contribution is 2.29. The van der Waals surface area contributed by atoms with E-state index in [1.807, 2.05) is 18.4 Å². The van der Waals surface area contributed by atoms with E-state index in [9.17, 15) is 4.79 Å². The number of carbonyl (C=O) groups is 1. The third kappa shape index (κ3) is 2.67. The van der Waals surface area contributed by atoms with Crippen molar-refractivity contribution >= 4 is 27.6 Å². The molecule has 0 atom stereocenters. The van der Waals surface area contributed by atoms with Crippen molar-refractivity contribution in [3.05, 3.63) is 29.3 Å². The molecule has 1 rings (SSSR count). The summed E-state index contributed by atoms with van der Waals surface area (Å²) in [5.74, 6) is -0.860. The number of carboxylic acid groups (broad SMARTS) is 1. The fraction of sp³-hybridized carbons (Fsp3) is 0.222. The van der Waals surface area contributed by atoms with Crippen molar-refractivity contribution < 1.29 is 9.90 Å². The molecule has 1 aromatic carbocycles.